The highest BCUT2D eigenvalue weighted by atomic mass is 15.2. The van der Waals surface area contributed by atoms with Crippen LogP contribution in [-0.2, 0) is 0 Å². The second kappa shape index (κ2) is 7.14. The van der Waals surface area contributed by atoms with Gasteiger partial charge < -0.3 is 4.90 Å². The van der Waals surface area contributed by atoms with Gasteiger partial charge in [-0.15, -0.1) is 0 Å². The van der Waals surface area contributed by atoms with Crippen LogP contribution < -0.4 is 0 Å². The van der Waals surface area contributed by atoms with Crippen molar-refractivity contribution < 1.29 is 0 Å². The van der Waals surface area contributed by atoms with E-state index >= 15 is 0 Å². The highest BCUT2D eigenvalue weighted by Crippen LogP contribution is 2.31. The van der Waals surface area contributed by atoms with E-state index in [1.807, 2.05) is 6.19 Å². The normalized spacial score (nSPS) is 23.5. The lowest BCUT2D eigenvalue weighted by Crippen LogP contribution is -2.42. The second-order valence-corrected chi connectivity index (χ2v) is 5.62. The summed E-state index contributed by atoms with van der Waals surface area (Å²) in [5, 5.41) is 18.5. The number of hydrogen-bond acceptors (Lipinski definition) is 3. The summed E-state index contributed by atoms with van der Waals surface area (Å²) >= 11 is 0. The largest absolute Gasteiger partial charge is 0.358 e. The molecule has 1 unspecified atom stereocenters. The highest BCUT2D eigenvalue weighted by molar-refractivity contribution is 5.88. The molecule has 0 aromatic carbocycles. The van der Waals surface area contributed by atoms with Crippen LogP contribution in [0.4, 0.5) is 0 Å². The molecule has 102 valence electrons. The molecule has 2 rings (SSSR count). The van der Waals surface area contributed by atoms with E-state index in [-0.39, 0.29) is 5.92 Å². The van der Waals surface area contributed by atoms with E-state index in [2.05, 4.69) is 16.0 Å². The summed E-state index contributed by atoms with van der Waals surface area (Å²) in [6.45, 7) is 1.90. The number of nitriles is 2. The molecule has 0 radical (unpaired) electrons. The van der Waals surface area contributed by atoms with Crippen LogP contribution in [0.3, 0.4) is 0 Å². The lowest BCUT2D eigenvalue weighted by atomic mass is 9.79. The van der Waals surface area contributed by atoms with E-state index in [1.165, 1.54) is 25.7 Å². The van der Waals surface area contributed by atoms with E-state index in [0.29, 0.717) is 5.92 Å². The van der Waals surface area contributed by atoms with E-state index in [9.17, 15) is 5.26 Å². The Morgan fingerprint density at radius 1 is 1.00 bits per heavy atom. The zero-order valence-electron chi connectivity index (χ0n) is 11.5. The van der Waals surface area contributed by atoms with Crippen molar-refractivity contribution in [2.45, 2.75) is 51.4 Å². The topological polar surface area (TPSA) is 63.2 Å². The van der Waals surface area contributed by atoms with Crippen LogP contribution in [0.1, 0.15) is 51.4 Å². The Balaban J connectivity index is 2.13. The molecular formula is C15H22N4. The summed E-state index contributed by atoms with van der Waals surface area (Å²) in [6.07, 6.45) is 11.4. The number of likely N-dealkylation sites (tertiary alicyclic amines) is 1. The van der Waals surface area contributed by atoms with Gasteiger partial charge in [-0.2, -0.15) is 15.5 Å². The first-order chi connectivity index (χ1) is 9.36. The van der Waals surface area contributed by atoms with Gasteiger partial charge in [-0.3, -0.25) is 0 Å². The van der Waals surface area contributed by atoms with E-state index < -0.39 is 0 Å². The van der Waals surface area contributed by atoms with Gasteiger partial charge in [0.15, 0.2) is 0 Å². The van der Waals surface area contributed by atoms with Crippen LogP contribution in [0, 0.1) is 34.6 Å². The maximum atomic E-state index is 9.54. The summed E-state index contributed by atoms with van der Waals surface area (Å²) < 4.78 is 0. The Bertz CT molecular complexity index is 389. The first-order valence-electron chi connectivity index (χ1n) is 7.48. The fourth-order valence-corrected chi connectivity index (χ4v) is 3.35. The van der Waals surface area contributed by atoms with Gasteiger partial charge >= 0.3 is 0 Å². The molecular weight excluding hydrogens is 236 g/mol. The predicted molar refractivity (Wildman–Crippen MR) is 74.2 cm³/mol. The van der Waals surface area contributed by atoms with Crippen molar-refractivity contribution in [2.75, 3.05) is 13.1 Å². The third-order valence-electron chi connectivity index (χ3n) is 4.38. The number of aliphatic imine (C=N–C) groups is 1. The summed E-state index contributed by atoms with van der Waals surface area (Å²) in [7, 11) is 0. The summed E-state index contributed by atoms with van der Waals surface area (Å²) in [5.41, 5.74) is 0. The molecule has 2 aliphatic rings. The third kappa shape index (κ3) is 3.47. The van der Waals surface area contributed by atoms with Crippen LogP contribution in [0.5, 0.6) is 0 Å². The maximum Gasteiger partial charge on any atom is 0.207 e. The molecule has 1 heterocycles. The molecule has 4 heteroatoms. The van der Waals surface area contributed by atoms with Crippen molar-refractivity contribution in [2.24, 2.45) is 16.8 Å². The van der Waals surface area contributed by atoms with Crippen LogP contribution in [0.2, 0.25) is 0 Å². The Morgan fingerprint density at radius 3 is 2.21 bits per heavy atom. The van der Waals surface area contributed by atoms with Gasteiger partial charge in [-0.05, 0) is 38.0 Å². The lowest BCUT2D eigenvalue weighted by molar-refractivity contribution is 0.288. The van der Waals surface area contributed by atoms with Gasteiger partial charge in [0.2, 0.25) is 6.19 Å². The van der Waals surface area contributed by atoms with Crippen molar-refractivity contribution in [3.63, 3.8) is 0 Å². The SMILES string of the molecule is N#CN=C(C(C#N)C1CCCCC1)N1CCCCC1. The Labute approximate surface area is 115 Å². The van der Waals surface area contributed by atoms with Crippen molar-refractivity contribution in [3.05, 3.63) is 0 Å². The molecule has 1 atom stereocenters. The number of piperidine rings is 1. The number of rotatable bonds is 2. The Morgan fingerprint density at radius 2 is 1.63 bits per heavy atom. The zero-order chi connectivity index (χ0) is 13.5. The predicted octanol–water partition coefficient (Wildman–Crippen LogP) is 3.07. The molecule has 1 saturated heterocycles. The molecule has 0 spiro atoms. The lowest BCUT2D eigenvalue weighted by Gasteiger charge is -2.34. The van der Waals surface area contributed by atoms with E-state index in [1.54, 1.807) is 0 Å². The van der Waals surface area contributed by atoms with E-state index in [4.69, 9.17) is 5.26 Å². The first-order valence-corrected chi connectivity index (χ1v) is 7.48. The molecule has 1 saturated carbocycles. The fourth-order valence-electron chi connectivity index (χ4n) is 3.35. The molecule has 0 aromatic heterocycles. The van der Waals surface area contributed by atoms with Crippen molar-refractivity contribution in [3.8, 4) is 12.3 Å². The fraction of sp³-hybridized carbons (Fsp3) is 0.800. The van der Waals surface area contributed by atoms with Gasteiger partial charge in [0, 0.05) is 13.1 Å². The van der Waals surface area contributed by atoms with Crippen LogP contribution in [-0.4, -0.2) is 23.8 Å². The first kappa shape index (κ1) is 13.9. The Hall–Kier alpha value is -1.55. The third-order valence-corrected chi connectivity index (χ3v) is 4.38. The van der Waals surface area contributed by atoms with Crippen LogP contribution in [0.25, 0.3) is 0 Å². The second-order valence-electron chi connectivity index (χ2n) is 5.62. The molecule has 0 aromatic rings. The number of amidine groups is 1. The standard InChI is InChI=1S/C15H22N4/c16-11-14(13-7-3-1-4-8-13)15(18-12-17)19-9-5-2-6-10-19/h13-14H,1-10H2. The van der Waals surface area contributed by atoms with Gasteiger partial charge in [0.05, 0.1) is 6.07 Å². The number of nitrogens with zero attached hydrogens (tertiary/aromatic N) is 4. The van der Waals surface area contributed by atoms with Crippen molar-refractivity contribution in [1.82, 2.24) is 4.90 Å². The summed E-state index contributed by atoms with van der Waals surface area (Å²) in [5.74, 6) is 0.961. The zero-order valence-corrected chi connectivity index (χ0v) is 11.5. The monoisotopic (exact) mass is 258 g/mol. The number of hydrogen-bond donors (Lipinski definition) is 0. The smallest absolute Gasteiger partial charge is 0.207 e. The molecule has 19 heavy (non-hydrogen) atoms. The molecule has 0 bridgehead atoms. The van der Waals surface area contributed by atoms with Crippen molar-refractivity contribution in [1.29, 1.82) is 10.5 Å². The average Bonchev–Trinajstić information content (AvgIpc) is 2.49. The molecule has 0 amide bonds. The maximum absolute atomic E-state index is 9.54. The minimum atomic E-state index is -0.182. The van der Waals surface area contributed by atoms with Gasteiger partial charge in [0.25, 0.3) is 0 Å². The Kier molecular flexibility index (Phi) is 5.21. The summed E-state index contributed by atoms with van der Waals surface area (Å²) in [4.78, 5) is 6.20. The average molecular weight is 258 g/mol. The van der Waals surface area contributed by atoms with Gasteiger partial charge in [0.1, 0.15) is 11.8 Å². The highest BCUT2D eigenvalue weighted by Gasteiger charge is 2.31. The quantitative estimate of drug-likeness (QED) is 0.434. The molecule has 0 N–H and O–H groups in total. The van der Waals surface area contributed by atoms with Crippen molar-refractivity contribution >= 4 is 5.84 Å². The minimum Gasteiger partial charge on any atom is -0.358 e. The molecule has 2 fully saturated rings. The van der Waals surface area contributed by atoms with Gasteiger partial charge in [-0.1, -0.05) is 19.3 Å². The van der Waals surface area contributed by atoms with Crippen LogP contribution >= 0.6 is 0 Å². The molecule has 1 aliphatic heterocycles. The summed E-state index contributed by atoms with van der Waals surface area (Å²) in [6, 6.07) is 2.43. The van der Waals surface area contributed by atoms with E-state index in [0.717, 1.165) is 44.6 Å². The minimum absolute atomic E-state index is 0.182. The van der Waals surface area contributed by atoms with Crippen LogP contribution in [0.15, 0.2) is 4.99 Å². The van der Waals surface area contributed by atoms with Gasteiger partial charge in [-0.25, -0.2) is 0 Å². The molecule has 1 aliphatic carbocycles. The molecule has 4 nitrogen and oxygen atoms in total.